The quantitative estimate of drug-likeness (QED) is 0.748. The first-order valence-corrected chi connectivity index (χ1v) is 6.01. The van der Waals surface area contributed by atoms with E-state index in [4.69, 9.17) is 4.74 Å². The first kappa shape index (κ1) is 13.9. The Balaban J connectivity index is 2.14. The van der Waals surface area contributed by atoms with Crippen LogP contribution in [0.4, 0.5) is 5.69 Å². The molecule has 0 radical (unpaired) electrons. The molecule has 0 saturated heterocycles. The van der Waals surface area contributed by atoms with Crippen molar-refractivity contribution in [2.75, 3.05) is 12.4 Å². The van der Waals surface area contributed by atoms with Crippen molar-refractivity contribution in [3.05, 3.63) is 53.6 Å². The highest BCUT2D eigenvalue weighted by atomic mass is 16.5. The SMILES string of the molecule is COCc1cccc(NC(=O)c2ccc(O)c(O)c2)c1. The molecule has 0 saturated carbocycles. The molecular weight excluding hydrogens is 258 g/mol. The van der Waals surface area contributed by atoms with E-state index >= 15 is 0 Å². The third-order valence-corrected chi connectivity index (χ3v) is 2.73. The zero-order chi connectivity index (χ0) is 14.5. The van der Waals surface area contributed by atoms with Crippen molar-refractivity contribution >= 4 is 11.6 Å². The van der Waals surface area contributed by atoms with Crippen LogP contribution in [0.5, 0.6) is 11.5 Å². The van der Waals surface area contributed by atoms with E-state index in [1.807, 2.05) is 18.2 Å². The van der Waals surface area contributed by atoms with Gasteiger partial charge >= 0.3 is 0 Å². The first-order valence-electron chi connectivity index (χ1n) is 6.01. The summed E-state index contributed by atoms with van der Waals surface area (Å²) in [6.07, 6.45) is 0. The number of hydrogen-bond acceptors (Lipinski definition) is 4. The van der Waals surface area contributed by atoms with Gasteiger partial charge in [-0.15, -0.1) is 0 Å². The molecule has 0 fully saturated rings. The number of nitrogens with one attached hydrogen (secondary N) is 1. The molecule has 0 unspecified atom stereocenters. The average Bonchev–Trinajstić information content (AvgIpc) is 2.42. The molecular formula is C15H15NO4. The fraction of sp³-hybridized carbons (Fsp3) is 0.133. The standard InChI is InChI=1S/C15H15NO4/c1-20-9-10-3-2-4-12(7-10)16-15(19)11-5-6-13(17)14(18)8-11/h2-8,17-18H,9H2,1H3,(H,16,19). The Kier molecular flexibility index (Phi) is 4.22. The molecule has 0 atom stereocenters. The lowest BCUT2D eigenvalue weighted by Gasteiger charge is -2.08. The van der Waals surface area contributed by atoms with Gasteiger partial charge in [-0.3, -0.25) is 4.79 Å². The van der Waals surface area contributed by atoms with Gasteiger partial charge in [0.05, 0.1) is 6.61 Å². The molecule has 0 heterocycles. The number of carbonyl (C=O) groups excluding carboxylic acids is 1. The van der Waals surface area contributed by atoms with E-state index in [0.717, 1.165) is 5.56 Å². The van der Waals surface area contributed by atoms with Gasteiger partial charge in [0.2, 0.25) is 0 Å². The largest absolute Gasteiger partial charge is 0.504 e. The van der Waals surface area contributed by atoms with Crippen molar-refractivity contribution in [2.24, 2.45) is 0 Å². The van der Waals surface area contributed by atoms with Gasteiger partial charge in [-0.05, 0) is 35.9 Å². The van der Waals surface area contributed by atoms with E-state index in [-0.39, 0.29) is 23.0 Å². The summed E-state index contributed by atoms with van der Waals surface area (Å²) in [7, 11) is 1.60. The van der Waals surface area contributed by atoms with Gasteiger partial charge in [-0.25, -0.2) is 0 Å². The molecule has 0 aliphatic carbocycles. The number of anilines is 1. The second-order valence-electron chi connectivity index (χ2n) is 4.29. The Labute approximate surface area is 116 Å². The van der Waals surface area contributed by atoms with Gasteiger partial charge in [-0.2, -0.15) is 0 Å². The molecule has 104 valence electrons. The molecule has 2 aromatic rings. The zero-order valence-corrected chi connectivity index (χ0v) is 11.0. The van der Waals surface area contributed by atoms with Crippen molar-refractivity contribution in [2.45, 2.75) is 6.61 Å². The Hall–Kier alpha value is -2.53. The molecule has 3 N–H and O–H groups in total. The predicted molar refractivity (Wildman–Crippen MR) is 74.9 cm³/mol. The summed E-state index contributed by atoms with van der Waals surface area (Å²) >= 11 is 0. The van der Waals surface area contributed by atoms with Gasteiger partial charge in [0.1, 0.15) is 0 Å². The third kappa shape index (κ3) is 3.27. The van der Waals surface area contributed by atoms with Crippen LogP contribution in [0.3, 0.4) is 0 Å². The number of phenolic OH excluding ortho intramolecular Hbond substituents is 2. The highest BCUT2D eigenvalue weighted by Gasteiger charge is 2.09. The minimum absolute atomic E-state index is 0.261. The molecule has 5 nitrogen and oxygen atoms in total. The van der Waals surface area contributed by atoms with Crippen molar-refractivity contribution in [1.82, 2.24) is 0 Å². The van der Waals surface area contributed by atoms with E-state index in [0.29, 0.717) is 12.3 Å². The highest BCUT2D eigenvalue weighted by molar-refractivity contribution is 6.04. The van der Waals surface area contributed by atoms with E-state index in [1.54, 1.807) is 13.2 Å². The summed E-state index contributed by atoms with van der Waals surface area (Å²) < 4.78 is 5.03. The number of benzene rings is 2. The lowest BCUT2D eigenvalue weighted by Crippen LogP contribution is -2.11. The highest BCUT2D eigenvalue weighted by Crippen LogP contribution is 2.25. The molecule has 2 aromatic carbocycles. The second kappa shape index (κ2) is 6.08. The molecule has 1 amide bonds. The van der Waals surface area contributed by atoms with Gasteiger partial charge in [0, 0.05) is 18.4 Å². The second-order valence-corrected chi connectivity index (χ2v) is 4.29. The number of phenols is 2. The van der Waals surface area contributed by atoms with E-state index in [1.165, 1.54) is 18.2 Å². The monoisotopic (exact) mass is 273 g/mol. The van der Waals surface area contributed by atoms with Gasteiger partial charge in [0.15, 0.2) is 11.5 Å². The van der Waals surface area contributed by atoms with Crippen molar-refractivity contribution in [3.63, 3.8) is 0 Å². The summed E-state index contributed by atoms with van der Waals surface area (Å²) in [6.45, 7) is 0.462. The average molecular weight is 273 g/mol. The number of ether oxygens (including phenoxy) is 1. The summed E-state index contributed by atoms with van der Waals surface area (Å²) in [5.41, 5.74) is 1.84. The zero-order valence-electron chi connectivity index (χ0n) is 11.0. The Bertz CT molecular complexity index is 625. The molecule has 0 bridgehead atoms. The van der Waals surface area contributed by atoms with Gasteiger partial charge < -0.3 is 20.3 Å². The Morgan fingerprint density at radius 3 is 2.65 bits per heavy atom. The molecule has 2 rings (SSSR count). The number of methoxy groups -OCH3 is 1. The van der Waals surface area contributed by atoms with Crippen LogP contribution in [-0.2, 0) is 11.3 Å². The van der Waals surface area contributed by atoms with Crippen LogP contribution in [0.2, 0.25) is 0 Å². The predicted octanol–water partition coefficient (Wildman–Crippen LogP) is 2.50. The summed E-state index contributed by atoms with van der Waals surface area (Å²) in [4.78, 5) is 12.0. The minimum Gasteiger partial charge on any atom is -0.504 e. The molecule has 0 aliphatic rings. The van der Waals surface area contributed by atoms with E-state index in [9.17, 15) is 15.0 Å². The summed E-state index contributed by atoms with van der Waals surface area (Å²) in [5, 5.41) is 21.3. The Morgan fingerprint density at radius 1 is 1.15 bits per heavy atom. The van der Waals surface area contributed by atoms with Crippen LogP contribution in [0.25, 0.3) is 0 Å². The van der Waals surface area contributed by atoms with Crippen LogP contribution in [0, 0.1) is 0 Å². The van der Waals surface area contributed by atoms with Crippen LogP contribution >= 0.6 is 0 Å². The van der Waals surface area contributed by atoms with E-state index in [2.05, 4.69) is 5.32 Å². The third-order valence-electron chi connectivity index (χ3n) is 2.73. The molecule has 0 aromatic heterocycles. The van der Waals surface area contributed by atoms with Crippen LogP contribution in [0.15, 0.2) is 42.5 Å². The van der Waals surface area contributed by atoms with Crippen molar-refractivity contribution in [1.29, 1.82) is 0 Å². The lowest BCUT2D eigenvalue weighted by molar-refractivity contribution is 0.102. The molecule has 0 spiro atoms. The normalized spacial score (nSPS) is 10.2. The smallest absolute Gasteiger partial charge is 0.255 e. The fourth-order valence-electron chi connectivity index (χ4n) is 1.77. The van der Waals surface area contributed by atoms with Crippen LogP contribution in [0.1, 0.15) is 15.9 Å². The van der Waals surface area contributed by atoms with Crippen LogP contribution in [-0.4, -0.2) is 23.2 Å². The number of hydrogen-bond donors (Lipinski definition) is 3. The Morgan fingerprint density at radius 2 is 1.95 bits per heavy atom. The van der Waals surface area contributed by atoms with Crippen molar-refractivity contribution in [3.8, 4) is 11.5 Å². The number of carbonyl (C=O) groups is 1. The molecule has 20 heavy (non-hydrogen) atoms. The summed E-state index contributed by atoms with van der Waals surface area (Å²) in [6, 6.07) is 11.2. The molecule has 5 heteroatoms. The maximum Gasteiger partial charge on any atom is 0.255 e. The number of amides is 1. The van der Waals surface area contributed by atoms with Gasteiger partial charge in [-0.1, -0.05) is 12.1 Å². The maximum absolute atomic E-state index is 12.0. The molecule has 0 aliphatic heterocycles. The van der Waals surface area contributed by atoms with E-state index < -0.39 is 0 Å². The van der Waals surface area contributed by atoms with Crippen LogP contribution < -0.4 is 5.32 Å². The topological polar surface area (TPSA) is 78.8 Å². The maximum atomic E-state index is 12.0. The summed E-state index contributed by atoms with van der Waals surface area (Å²) in [5.74, 6) is -0.954. The van der Waals surface area contributed by atoms with Crippen molar-refractivity contribution < 1.29 is 19.7 Å². The fourth-order valence-corrected chi connectivity index (χ4v) is 1.77. The number of aromatic hydroxyl groups is 2. The first-order chi connectivity index (χ1) is 9.60. The van der Waals surface area contributed by atoms with Gasteiger partial charge in [0.25, 0.3) is 5.91 Å². The lowest BCUT2D eigenvalue weighted by atomic mass is 10.1. The minimum atomic E-state index is -0.366. The number of rotatable bonds is 4.